The summed E-state index contributed by atoms with van der Waals surface area (Å²) in [5, 5.41) is 9.89. The summed E-state index contributed by atoms with van der Waals surface area (Å²) in [6.45, 7) is 10.8. The second-order valence-corrected chi connectivity index (χ2v) is 8.12. The molecular weight excluding hydrogens is 326 g/mol. The Morgan fingerprint density at radius 1 is 1.31 bits per heavy atom. The number of nitrogens with one attached hydrogen (secondary N) is 3. The lowest BCUT2D eigenvalue weighted by Gasteiger charge is -2.24. The van der Waals surface area contributed by atoms with Crippen LogP contribution >= 0.6 is 0 Å². The average Bonchev–Trinajstić information content (AvgIpc) is 3.08. The van der Waals surface area contributed by atoms with Crippen LogP contribution in [0.1, 0.15) is 43.5 Å². The Morgan fingerprint density at radius 2 is 2.12 bits per heavy atom. The summed E-state index contributed by atoms with van der Waals surface area (Å²) in [4.78, 5) is 19.3. The van der Waals surface area contributed by atoms with Gasteiger partial charge in [-0.3, -0.25) is 4.79 Å². The van der Waals surface area contributed by atoms with Gasteiger partial charge in [0.05, 0.1) is 5.56 Å². The molecule has 6 nitrogen and oxygen atoms in total. The molecule has 2 aliphatic heterocycles. The van der Waals surface area contributed by atoms with Gasteiger partial charge < -0.3 is 20.9 Å². The van der Waals surface area contributed by atoms with Crippen molar-refractivity contribution < 1.29 is 4.79 Å². The van der Waals surface area contributed by atoms with Crippen LogP contribution in [0, 0.1) is 11.8 Å². The number of rotatable bonds is 7. The summed E-state index contributed by atoms with van der Waals surface area (Å²) < 4.78 is 0. The van der Waals surface area contributed by atoms with Crippen LogP contribution in [0.2, 0.25) is 0 Å². The number of hydrogen-bond donors (Lipinski definition) is 3. The van der Waals surface area contributed by atoms with Gasteiger partial charge in [-0.1, -0.05) is 13.8 Å². The minimum Gasteiger partial charge on any atom is -0.367 e. The number of carbonyl (C=O) groups is 1. The van der Waals surface area contributed by atoms with Crippen molar-refractivity contribution >= 4 is 11.7 Å². The van der Waals surface area contributed by atoms with Crippen LogP contribution in [-0.2, 0) is 0 Å². The van der Waals surface area contributed by atoms with E-state index in [2.05, 4.69) is 39.7 Å². The highest BCUT2D eigenvalue weighted by molar-refractivity contribution is 5.94. The molecule has 0 saturated carbocycles. The van der Waals surface area contributed by atoms with Gasteiger partial charge in [0.2, 0.25) is 0 Å². The number of amides is 1. The van der Waals surface area contributed by atoms with Gasteiger partial charge in [0.25, 0.3) is 5.91 Å². The second kappa shape index (κ2) is 9.33. The SMILES string of the molecule is CC(C)CN1CCC(CNC(=O)c2ccc(NC3CCNCC3)nc2)C1. The number of likely N-dealkylation sites (tertiary alicyclic amines) is 1. The Balaban J connectivity index is 1.42. The minimum absolute atomic E-state index is 0.0202. The molecule has 2 saturated heterocycles. The number of piperidine rings is 1. The summed E-state index contributed by atoms with van der Waals surface area (Å²) in [7, 11) is 0. The van der Waals surface area contributed by atoms with E-state index in [1.54, 1.807) is 6.20 Å². The monoisotopic (exact) mass is 359 g/mol. The highest BCUT2D eigenvalue weighted by Crippen LogP contribution is 2.17. The van der Waals surface area contributed by atoms with Crippen LogP contribution in [0.3, 0.4) is 0 Å². The Bertz CT molecular complexity index is 568. The number of aromatic nitrogens is 1. The molecule has 26 heavy (non-hydrogen) atoms. The molecule has 0 radical (unpaired) electrons. The fraction of sp³-hybridized carbons (Fsp3) is 0.700. The van der Waals surface area contributed by atoms with E-state index in [1.807, 2.05) is 12.1 Å². The summed E-state index contributed by atoms with van der Waals surface area (Å²) in [6.07, 6.45) is 5.07. The van der Waals surface area contributed by atoms with Crippen LogP contribution in [0.25, 0.3) is 0 Å². The molecule has 0 aromatic carbocycles. The number of pyridine rings is 1. The van der Waals surface area contributed by atoms with E-state index in [-0.39, 0.29) is 5.91 Å². The fourth-order valence-corrected chi connectivity index (χ4v) is 3.89. The predicted molar refractivity (Wildman–Crippen MR) is 105 cm³/mol. The molecular formula is C20H33N5O. The lowest BCUT2D eigenvalue weighted by molar-refractivity contribution is 0.0947. The molecule has 6 heteroatoms. The lowest BCUT2D eigenvalue weighted by atomic mass is 10.1. The summed E-state index contributed by atoms with van der Waals surface area (Å²) in [5.41, 5.74) is 0.637. The van der Waals surface area contributed by atoms with Gasteiger partial charge in [-0.05, 0) is 62.9 Å². The van der Waals surface area contributed by atoms with Crippen molar-refractivity contribution in [2.45, 2.75) is 39.2 Å². The molecule has 144 valence electrons. The Morgan fingerprint density at radius 3 is 2.81 bits per heavy atom. The molecule has 3 heterocycles. The smallest absolute Gasteiger partial charge is 0.252 e. The molecule has 2 fully saturated rings. The Kier molecular flexibility index (Phi) is 6.86. The highest BCUT2D eigenvalue weighted by atomic mass is 16.1. The molecule has 1 atom stereocenters. The number of nitrogens with zero attached hydrogens (tertiary/aromatic N) is 2. The van der Waals surface area contributed by atoms with E-state index in [0.717, 1.165) is 57.9 Å². The molecule has 3 rings (SSSR count). The topological polar surface area (TPSA) is 69.3 Å². The van der Waals surface area contributed by atoms with Crippen LogP contribution in [-0.4, -0.2) is 61.1 Å². The maximum atomic E-state index is 12.4. The van der Waals surface area contributed by atoms with E-state index < -0.39 is 0 Å². The zero-order valence-electron chi connectivity index (χ0n) is 16.1. The third kappa shape index (κ3) is 5.68. The zero-order chi connectivity index (χ0) is 18.4. The van der Waals surface area contributed by atoms with Gasteiger partial charge >= 0.3 is 0 Å². The predicted octanol–water partition coefficient (Wildman–Crippen LogP) is 1.95. The van der Waals surface area contributed by atoms with Crippen molar-refractivity contribution in [3.8, 4) is 0 Å². The standard InChI is InChI=1S/C20H33N5O/c1-15(2)13-25-10-7-16(14-25)11-23-20(26)17-3-4-19(22-12-17)24-18-5-8-21-9-6-18/h3-4,12,15-16,18,21H,5-11,13-14H2,1-2H3,(H,22,24)(H,23,26). The first-order valence-electron chi connectivity index (χ1n) is 10.0. The molecule has 0 bridgehead atoms. The van der Waals surface area contributed by atoms with Crippen LogP contribution in [0.4, 0.5) is 5.82 Å². The van der Waals surface area contributed by atoms with Gasteiger partial charge in [-0.15, -0.1) is 0 Å². The Labute approximate surface area is 157 Å². The molecule has 1 unspecified atom stereocenters. The maximum absolute atomic E-state index is 12.4. The van der Waals surface area contributed by atoms with Gasteiger partial charge in [0.1, 0.15) is 5.82 Å². The normalized spacial score (nSPS) is 21.9. The molecule has 0 aliphatic carbocycles. The largest absolute Gasteiger partial charge is 0.367 e. The summed E-state index contributed by atoms with van der Waals surface area (Å²) >= 11 is 0. The van der Waals surface area contributed by atoms with Crippen molar-refractivity contribution in [3.05, 3.63) is 23.9 Å². The van der Waals surface area contributed by atoms with E-state index in [9.17, 15) is 4.79 Å². The number of anilines is 1. The first-order valence-corrected chi connectivity index (χ1v) is 10.0. The van der Waals surface area contributed by atoms with Gasteiger partial charge in [-0.25, -0.2) is 4.98 Å². The lowest BCUT2D eigenvalue weighted by Crippen LogP contribution is -2.35. The van der Waals surface area contributed by atoms with Crippen LogP contribution in [0.15, 0.2) is 18.3 Å². The van der Waals surface area contributed by atoms with Gasteiger partial charge in [0, 0.05) is 31.9 Å². The average molecular weight is 360 g/mol. The number of carbonyl (C=O) groups excluding carboxylic acids is 1. The fourth-order valence-electron chi connectivity index (χ4n) is 3.89. The molecule has 1 amide bonds. The second-order valence-electron chi connectivity index (χ2n) is 8.12. The van der Waals surface area contributed by atoms with Crippen molar-refractivity contribution in [1.29, 1.82) is 0 Å². The molecule has 1 aromatic heterocycles. The minimum atomic E-state index is -0.0202. The van der Waals surface area contributed by atoms with Crippen LogP contribution in [0.5, 0.6) is 0 Å². The molecule has 2 aliphatic rings. The first-order chi connectivity index (χ1) is 12.6. The maximum Gasteiger partial charge on any atom is 0.252 e. The Hall–Kier alpha value is -1.66. The van der Waals surface area contributed by atoms with E-state index in [1.165, 1.54) is 6.42 Å². The molecule has 3 N–H and O–H groups in total. The zero-order valence-corrected chi connectivity index (χ0v) is 16.1. The van der Waals surface area contributed by atoms with Crippen LogP contribution < -0.4 is 16.0 Å². The van der Waals surface area contributed by atoms with E-state index in [0.29, 0.717) is 23.4 Å². The van der Waals surface area contributed by atoms with Gasteiger partial charge in [-0.2, -0.15) is 0 Å². The highest BCUT2D eigenvalue weighted by Gasteiger charge is 2.23. The molecule has 0 spiro atoms. The van der Waals surface area contributed by atoms with Crippen molar-refractivity contribution in [2.75, 3.05) is 44.6 Å². The number of hydrogen-bond acceptors (Lipinski definition) is 5. The first kappa shape index (κ1) is 19.1. The van der Waals surface area contributed by atoms with Crippen molar-refractivity contribution in [1.82, 2.24) is 20.5 Å². The third-order valence-electron chi connectivity index (χ3n) is 5.26. The summed E-state index contributed by atoms with van der Waals surface area (Å²) in [6, 6.07) is 4.25. The molecule has 1 aromatic rings. The van der Waals surface area contributed by atoms with E-state index >= 15 is 0 Å². The summed E-state index contributed by atoms with van der Waals surface area (Å²) in [5.74, 6) is 2.10. The van der Waals surface area contributed by atoms with Gasteiger partial charge in [0.15, 0.2) is 0 Å². The van der Waals surface area contributed by atoms with E-state index in [4.69, 9.17) is 0 Å². The quantitative estimate of drug-likeness (QED) is 0.694. The van der Waals surface area contributed by atoms with Crippen molar-refractivity contribution in [3.63, 3.8) is 0 Å². The van der Waals surface area contributed by atoms with Crippen molar-refractivity contribution in [2.24, 2.45) is 11.8 Å². The third-order valence-corrected chi connectivity index (χ3v) is 5.26.